The molecule has 0 spiro atoms. The maximum absolute atomic E-state index is 12.3. The number of carbonyl (C=O) groups excluding carboxylic acids is 1. The number of phosphoric acid groups is 1. The molecule has 1 atom stereocenters. The van der Waals surface area contributed by atoms with Crippen molar-refractivity contribution in [3.05, 3.63) is 35.4 Å². The molecule has 0 aliphatic carbocycles. The van der Waals surface area contributed by atoms with Crippen molar-refractivity contribution < 1.29 is 27.7 Å². The third-order valence-corrected chi connectivity index (χ3v) is 7.94. The van der Waals surface area contributed by atoms with Gasteiger partial charge in [-0.1, -0.05) is 59.7 Å². The average molecular weight is 479 g/mol. The van der Waals surface area contributed by atoms with Gasteiger partial charge in [0.15, 0.2) is 0 Å². The minimum atomic E-state index is -3.44. The molecule has 1 aromatic carbocycles. The summed E-state index contributed by atoms with van der Waals surface area (Å²) in [4.78, 5) is 12.3. The summed E-state index contributed by atoms with van der Waals surface area (Å²) < 4.78 is 32.9. The van der Waals surface area contributed by atoms with Crippen molar-refractivity contribution in [2.24, 2.45) is 5.92 Å². The Kier molecular flexibility index (Phi) is 14.1. The lowest BCUT2D eigenvalue weighted by Crippen LogP contribution is -2.14. The van der Waals surface area contributed by atoms with Crippen molar-refractivity contribution in [2.45, 2.75) is 47.0 Å². The van der Waals surface area contributed by atoms with Crippen LogP contribution in [0.1, 0.15) is 51.7 Å². The second-order valence-electron chi connectivity index (χ2n) is 6.99. The van der Waals surface area contributed by atoms with Gasteiger partial charge in [-0.3, -0.25) is 18.4 Å². The van der Waals surface area contributed by atoms with E-state index in [9.17, 15) is 9.36 Å². The van der Waals surface area contributed by atoms with Gasteiger partial charge in [0.05, 0.1) is 25.7 Å². The van der Waals surface area contributed by atoms with Gasteiger partial charge in [-0.05, 0) is 44.2 Å². The highest BCUT2D eigenvalue weighted by atomic mass is 33.1. The van der Waals surface area contributed by atoms with E-state index in [1.807, 2.05) is 19.1 Å². The highest BCUT2D eigenvalue weighted by Gasteiger charge is 2.24. The summed E-state index contributed by atoms with van der Waals surface area (Å²) in [7, 11) is -0.300. The SMILES string of the molecule is CCOP(=O)(OCC)OCCSSCCOC(=O)C(C)c1ccc(CC(C)C)cc1. The van der Waals surface area contributed by atoms with Crippen LogP contribution in [0.4, 0.5) is 0 Å². The van der Waals surface area contributed by atoms with Gasteiger partial charge in [0, 0.05) is 11.5 Å². The van der Waals surface area contributed by atoms with Crippen molar-refractivity contribution in [3.8, 4) is 0 Å². The summed E-state index contributed by atoms with van der Waals surface area (Å²) in [5, 5.41) is 0. The molecule has 172 valence electrons. The minimum absolute atomic E-state index is 0.213. The van der Waals surface area contributed by atoms with Gasteiger partial charge in [0.1, 0.15) is 6.61 Å². The molecule has 0 heterocycles. The van der Waals surface area contributed by atoms with E-state index in [-0.39, 0.29) is 31.7 Å². The zero-order valence-corrected chi connectivity index (χ0v) is 21.2. The normalized spacial score (nSPS) is 12.9. The largest absolute Gasteiger partial charge is 0.474 e. The molecule has 1 unspecified atom stereocenters. The van der Waals surface area contributed by atoms with Crippen LogP contribution in [0.5, 0.6) is 0 Å². The number of hydrogen-bond donors (Lipinski definition) is 0. The molecule has 30 heavy (non-hydrogen) atoms. The van der Waals surface area contributed by atoms with Crippen molar-refractivity contribution in [3.63, 3.8) is 0 Å². The summed E-state index contributed by atoms with van der Waals surface area (Å²) in [6.07, 6.45) is 1.04. The summed E-state index contributed by atoms with van der Waals surface area (Å²) in [5.74, 6) is 1.41. The molecule has 0 aliphatic heterocycles. The van der Waals surface area contributed by atoms with E-state index in [0.717, 1.165) is 12.0 Å². The Morgan fingerprint density at radius 2 is 1.50 bits per heavy atom. The topological polar surface area (TPSA) is 71.1 Å². The Morgan fingerprint density at radius 1 is 0.933 bits per heavy atom. The first-order valence-electron chi connectivity index (χ1n) is 10.3. The zero-order chi connectivity index (χ0) is 22.4. The smallest absolute Gasteiger partial charge is 0.464 e. The zero-order valence-electron chi connectivity index (χ0n) is 18.6. The summed E-state index contributed by atoms with van der Waals surface area (Å²) in [6.45, 7) is 10.9. The molecule has 9 heteroatoms. The number of phosphoric ester groups is 1. The quantitative estimate of drug-likeness (QED) is 0.122. The fourth-order valence-corrected chi connectivity index (χ4v) is 5.53. The van der Waals surface area contributed by atoms with E-state index in [4.69, 9.17) is 18.3 Å². The van der Waals surface area contributed by atoms with Crippen LogP contribution in [0, 0.1) is 5.92 Å². The number of benzene rings is 1. The molecule has 0 radical (unpaired) electrons. The number of hydrogen-bond acceptors (Lipinski definition) is 8. The third kappa shape index (κ3) is 11.2. The molecule has 0 saturated carbocycles. The first-order valence-corrected chi connectivity index (χ1v) is 14.3. The summed E-state index contributed by atoms with van der Waals surface area (Å²) in [6, 6.07) is 8.20. The van der Waals surface area contributed by atoms with Crippen LogP contribution < -0.4 is 0 Å². The lowest BCUT2D eigenvalue weighted by Gasteiger charge is -2.16. The van der Waals surface area contributed by atoms with E-state index < -0.39 is 7.82 Å². The van der Waals surface area contributed by atoms with Crippen LogP contribution in [0.2, 0.25) is 0 Å². The predicted molar refractivity (Wildman–Crippen MR) is 126 cm³/mol. The van der Waals surface area contributed by atoms with Crippen LogP contribution in [-0.4, -0.2) is 43.9 Å². The first-order chi connectivity index (χ1) is 14.3. The Bertz CT molecular complexity index is 643. The fourth-order valence-electron chi connectivity index (χ4n) is 2.58. The molecule has 0 fully saturated rings. The van der Waals surface area contributed by atoms with Crippen LogP contribution in [0.25, 0.3) is 0 Å². The maximum atomic E-state index is 12.3. The number of esters is 1. The highest BCUT2D eigenvalue weighted by Crippen LogP contribution is 2.49. The molecule has 0 aliphatic rings. The Hall–Kier alpha value is -0.500. The second kappa shape index (κ2) is 15.3. The van der Waals surface area contributed by atoms with Gasteiger partial charge >= 0.3 is 13.8 Å². The van der Waals surface area contributed by atoms with E-state index >= 15 is 0 Å². The number of carbonyl (C=O) groups is 1. The molecular formula is C21H35O6PS2. The molecular weight excluding hydrogens is 443 g/mol. The first kappa shape index (κ1) is 27.5. The van der Waals surface area contributed by atoms with Gasteiger partial charge in [-0.2, -0.15) is 0 Å². The van der Waals surface area contributed by atoms with Crippen LogP contribution in [0.15, 0.2) is 24.3 Å². The maximum Gasteiger partial charge on any atom is 0.474 e. The molecule has 0 saturated heterocycles. The van der Waals surface area contributed by atoms with Gasteiger partial charge in [0.25, 0.3) is 0 Å². The Balaban J connectivity index is 2.20. The van der Waals surface area contributed by atoms with Crippen LogP contribution in [-0.2, 0) is 34.1 Å². The Morgan fingerprint density at radius 3 is 2.03 bits per heavy atom. The lowest BCUT2D eigenvalue weighted by atomic mass is 9.97. The molecule has 0 aromatic heterocycles. The van der Waals surface area contributed by atoms with Crippen molar-refractivity contribution in [2.75, 3.05) is 37.9 Å². The van der Waals surface area contributed by atoms with Crippen molar-refractivity contribution >= 4 is 35.4 Å². The fraction of sp³-hybridized carbons (Fsp3) is 0.667. The number of rotatable bonds is 16. The predicted octanol–water partition coefficient (Wildman–Crippen LogP) is 6.11. The molecule has 0 amide bonds. The van der Waals surface area contributed by atoms with Gasteiger partial charge in [-0.25, -0.2) is 4.57 Å². The molecule has 0 bridgehead atoms. The van der Waals surface area contributed by atoms with E-state index in [2.05, 4.69) is 26.0 Å². The van der Waals surface area contributed by atoms with Crippen LogP contribution in [0.3, 0.4) is 0 Å². The summed E-state index contributed by atoms with van der Waals surface area (Å²) in [5.41, 5.74) is 2.25. The van der Waals surface area contributed by atoms with E-state index in [1.54, 1.807) is 35.4 Å². The number of ether oxygens (including phenoxy) is 1. The molecule has 1 rings (SSSR count). The third-order valence-electron chi connectivity index (χ3n) is 3.96. The Labute approximate surface area is 189 Å². The summed E-state index contributed by atoms with van der Waals surface area (Å²) >= 11 is 0. The van der Waals surface area contributed by atoms with Gasteiger partial charge < -0.3 is 4.74 Å². The van der Waals surface area contributed by atoms with E-state index in [0.29, 0.717) is 24.0 Å². The van der Waals surface area contributed by atoms with Gasteiger partial charge in [-0.15, -0.1) is 0 Å². The monoisotopic (exact) mass is 478 g/mol. The average Bonchev–Trinajstić information content (AvgIpc) is 2.69. The molecule has 0 N–H and O–H groups in total. The molecule has 1 aromatic rings. The van der Waals surface area contributed by atoms with Crippen LogP contribution >= 0.6 is 29.4 Å². The second-order valence-corrected chi connectivity index (χ2v) is 11.4. The van der Waals surface area contributed by atoms with E-state index in [1.165, 1.54) is 5.56 Å². The molecule has 6 nitrogen and oxygen atoms in total. The highest BCUT2D eigenvalue weighted by molar-refractivity contribution is 8.76. The standard InChI is InChI=1S/C21H35O6PS2/c1-6-25-28(23,26-7-2)27-13-15-30-29-14-12-24-21(22)18(5)20-10-8-19(9-11-20)16-17(3)4/h8-11,17-18H,6-7,12-16H2,1-5H3. The lowest BCUT2D eigenvalue weighted by molar-refractivity contribution is -0.144. The van der Waals surface area contributed by atoms with Crippen molar-refractivity contribution in [1.82, 2.24) is 0 Å². The minimum Gasteiger partial charge on any atom is -0.464 e. The van der Waals surface area contributed by atoms with Gasteiger partial charge in [0.2, 0.25) is 0 Å². The van der Waals surface area contributed by atoms with Crippen molar-refractivity contribution in [1.29, 1.82) is 0 Å².